The van der Waals surface area contributed by atoms with Crippen molar-refractivity contribution in [3.8, 4) is 0 Å². The maximum atomic E-state index is 12.7. The summed E-state index contributed by atoms with van der Waals surface area (Å²) in [5, 5.41) is 3.24. The Morgan fingerprint density at radius 2 is 1.90 bits per heavy atom. The lowest BCUT2D eigenvalue weighted by Gasteiger charge is -2.35. The number of nitrogens with one attached hydrogen (secondary N) is 1. The molecule has 21 heavy (non-hydrogen) atoms. The van der Waals surface area contributed by atoms with E-state index in [1.807, 2.05) is 6.92 Å². The minimum Gasteiger partial charge on any atom is -0.469 e. The van der Waals surface area contributed by atoms with Gasteiger partial charge in [0.25, 0.3) is 10.2 Å². The van der Waals surface area contributed by atoms with Crippen LogP contribution >= 0.6 is 0 Å². The van der Waals surface area contributed by atoms with E-state index in [-0.39, 0.29) is 19.0 Å². The molecule has 0 spiro atoms. The van der Waals surface area contributed by atoms with Crippen LogP contribution in [0.5, 0.6) is 0 Å². The van der Waals surface area contributed by atoms with Crippen molar-refractivity contribution in [1.82, 2.24) is 13.9 Å². The highest BCUT2D eigenvalue weighted by molar-refractivity contribution is 7.86. The van der Waals surface area contributed by atoms with Gasteiger partial charge >= 0.3 is 5.97 Å². The van der Waals surface area contributed by atoms with Gasteiger partial charge in [-0.1, -0.05) is 6.92 Å². The zero-order valence-electron chi connectivity index (χ0n) is 13.2. The van der Waals surface area contributed by atoms with Crippen molar-refractivity contribution in [2.45, 2.75) is 38.6 Å². The third-order valence-corrected chi connectivity index (χ3v) is 5.75. The molecule has 1 heterocycles. The lowest BCUT2D eigenvalue weighted by Crippen LogP contribution is -2.51. The predicted octanol–water partition coefficient (Wildman–Crippen LogP) is 0.190. The first-order valence-electron chi connectivity index (χ1n) is 7.44. The first kappa shape index (κ1) is 18.3. The summed E-state index contributed by atoms with van der Waals surface area (Å²) < 4.78 is 32.8. The second-order valence-corrected chi connectivity index (χ2v) is 7.24. The van der Waals surface area contributed by atoms with Crippen LogP contribution in [0.15, 0.2) is 0 Å². The van der Waals surface area contributed by atoms with Gasteiger partial charge in [-0.25, -0.2) is 0 Å². The van der Waals surface area contributed by atoms with Crippen LogP contribution in [0, 0.1) is 0 Å². The zero-order valence-corrected chi connectivity index (χ0v) is 14.0. The van der Waals surface area contributed by atoms with Gasteiger partial charge in [-0.3, -0.25) is 4.79 Å². The van der Waals surface area contributed by atoms with E-state index in [1.165, 1.54) is 18.5 Å². The minimum atomic E-state index is -3.54. The largest absolute Gasteiger partial charge is 0.469 e. The Morgan fingerprint density at radius 1 is 1.29 bits per heavy atom. The van der Waals surface area contributed by atoms with Crippen LogP contribution in [0.3, 0.4) is 0 Å². The summed E-state index contributed by atoms with van der Waals surface area (Å²) in [5.74, 6) is -0.402. The van der Waals surface area contributed by atoms with Gasteiger partial charge in [0, 0.05) is 26.2 Å². The maximum Gasteiger partial charge on any atom is 0.306 e. The summed E-state index contributed by atoms with van der Waals surface area (Å²) in [7, 11) is -0.719. The number of hydrogen-bond donors (Lipinski definition) is 1. The van der Waals surface area contributed by atoms with Crippen LogP contribution < -0.4 is 5.32 Å². The first-order valence-corrected chi connectivity index (χ1v) is 8.83. The van der Waals surface area contributed by atoms with E-state index in [9.17, 15) is 13.2 Å². The molecule has 0 aliphatic carbocycles. The number of hydrogen-bond acceptors (Lipinski definition) is 5. The Morgan fingerprint density at radius 3 is 2.43 bits per heavy atom. The Kier molecular flexibility index (Phi) is 7.58. The number of carbonyl (C=O) groups excluding carboxylic acids is 1. The normalized spacial score (nSPS) is 17.4. The lowest BCUT2D eigenvalue weighted by atomic mass is 10.1. The fourth-order valence-corrected chi connectivity index (χ4v) is 4.13. The van der Waals surface area contributed by atoms with E-state index in [2.05, 4.69) is 10.1 Å². The summed E-state index contributed by atoms with van der Waals surface area (Å²) in [6.45, 7) is 4.30. The van der Waals surface area contributed by atoms with Gasteiger partial charge in [0.2, 0.25) is 0 Å². The maximum absolute atomic E-state index is 12.7. The average Bonchev–Trinajstić information content (AvgIpc) is 2.50. The number of ether oxygens (including phenoxy) is 1. The molecule has 0 aromatic rings. The van der Waals surface area contributed by atoms with Crippen LogP contribution in [0.4, 0.5) is 0 Å². The molecule has 0 amide bonds. The van der Waals surface area contributed by atoms with Crippen molar-refractivity contribution < 1.29 is 17.9 Å². The van der Waals surface area contributed by atoms with E-state index >= 15 is 0 Å². The quantitative estimate of drug-likeness (QED) is 0.646. The van der Waals surface area contributed by atoms with Gasteiger partial charge in [-0.2, -0.15) is 17.0 Å². The van der Waals surface area contributed by atoms with Crippen molar-refractivity contribution in [1.29, 1.82) is 0 Å². The number of esters is 1. The molecular formula is C13H27N3O4S. The fourth-order valence-electron chi connectivity index (χ4n) is 2.45. The summed E-state index contributed by atoms with van der Waals surface area (Å²) in [6.07, 6.45) is 2.49. The van der Waals surface area contributed by atoms with E-state index in [0.717, 1.165) is 32.4 Å². The van der Waals surface area contributed by atoms with Gasteiger partial charge in [-0.15, -0.1) is 0 Å². The van der Waals surface area contributed by atoms with Crippen LogP contribution in [-0.4, -0.2) is 69.4 Å². The molecule has 0 radical (unpaired) electrons. The lowest BCUT2D eigenvalue weighted by molar-refractivity contribution is -0.140. The van der Waals surface area contributed by atoms with Gasteiger partial charge in [0.15, 0.2) is 0 Å². The molecule has 0 saturated carbocycles. The molecule has 0 aromatic carbocycles. The molecule has 1 N–H and O–H groups in total. The molecule has 1 aliphatic rings. The highest BCUT2D eigenvalue weighted by atomic mass is 32.2. The number of methoxy groups -OCH3 is 1. The number of piperidine rings is 1. The van der Waals surface area contributed by atoms with Crippen LogP contribution in [0.25, 0.3) is 0 Å². The molecule has 1 fully saturated rings. The molecular weight excluding hydrogens is 294 g/mol. The Bertz CT molecular complexity index is 421. The van der Waals surface area contributed by atoms with Crippen LogP contribution in [0.2, 0.25) is 0 Å². The topological polar surface area (TPSA) is 79.0 Å². The average molecular weight is 321 g/mol. The molecule has 0 bridgehead atoms. The van der Waals surface area contributed by atoms with Crippen LogP contribution in [-0.2, 0) is 19.7 Å². The molecule has 1 aliphatic heterocycles. The zero-order chi connectivity index (χ0) is 15.9. The van der Waals surface area contributed by atoms with Crippen molar-refractivity contribution >= 4 is 16.2 Å². The summed E-state index contributed by atoms with van der Waals surface area (Å²) in [4.78, 5) is 11.2. The SMILES string of the molecule is CCCN(C1CCNCC1)S(=O)(=O)N(C)CCC(=O)OC. The van der Waals surface area contributed by atoms with E-state index in [4.69, 9.17) is 0 Å². The monoisotopic (exact) mass is 321 g/mol. The van der Waals surface area contributed by atoms with Gasteiger partial charge < -0.3 is 10.1 Å². The van der Waals surface area contributed by atoms with Gasteiger partial charge in [0.05, 0.1) is 13.5 Å². The molecule has 0 atom stereocenters. The smallest absolute Gasteiger partial charge is 0.306 e. The summed E-state index contributed by atoms with van der Waals surface area (Å²) >= 11 is 0. The Labute approximate surface area is 127 Å². The molecule has 1 saturated heterocycles. The van der Waals surface area contributed by atoms with Gasteiger partial charge in [0.1, 0.15) is 0 Å². The van der Waals surface area contributed by atoms with E-state index in [1.54, 1.807) is 4.31 Å². The van der Waals surface area contributed by atoms with E-state index < -0.39 is 16.2 Å². The van der Waals surface area contributed by atoms with Crippen molar-refractivity contribution in [3.63, 3.8) is 0 Å². The molecule has 7 nitrogen and oxygen atoms in total. The Balaban J connectivity index is 2.75. The molecule has 1 rings (SSSR count). The third kappa shape index (κ3) is 5.21. The number of carbonyl (C=O) groups is 1. The van der Waals surface area contributed by atoms with Gasteiger partial charge in [-0.05, 0) is 32.4 Å². The second-order valence-electron chi connectivity index (χ2n) is 5.25. The molecule has 8 heteroatoms. The Hall–Kier alpha value is -0.700. The van der Waals surface area contributed by atoms with Crippen molar-refractivity contribution in [2.75, 3.05) is 40.3 Å². The molecule has 0 aromatic heterocycles. The first-order chi connectivity index (χ1) is 9.93. The van der Waals surface area contributed by atoms with Crippen molar-refractivity contribution in [2.24, 2.45) is 0 Å². The molecule has 0 unspecified atom stereocenters. The second kappa shape index (κ2) is 8.67. The number of nitrogens with zero attached hydrogens (tertiary/aromatic N) is 2. The highest BCUT2D eigenvalue weighted by Gasteiger charge is 2.33. The van der Waals surface area contributed by atoms with Crippen molar-refractivity contribution in [3.05, 3.63) is 0 Å². The minimum absolute atomic E-state index is 0.0387. The summed E-state index contributed by atoms with van der Waals surface area (Å²) in [5.41, 5.74) is 0. The fraction of sp³-hybridized carbons (Fsp3) is 0.923. The third-order valence-electron chi connectivity index (χ3n) is 3.71. The molecule has 124 valence electrons. The predicted molar refractivity (Wildman–Crippen MR) is 81.1 cm³/mol. The van der Waals surface area contributed by atoms with Crippen LogP contribution in [0.1, 0.15) is 32.6 Å². The highest BCUT2D eigenvalue weighted by Crippen LogP contribution is 2.19. The number of rotatable bonds is 8. The standard InChI is InChI=1S/C13H27N3O4S/c1-4-10-16(12-5-8-14-9-6-12)21(18,19)15(2)11-7-13(17)20-3/h12,14H,4-11H2,1-3H3. The van der Waals surface area contributed by atoms with E-state index in [0.29, 0.717) is 6.54 Å². The summed E-state index contributed by atoms with van der Waals surface area (Å²) in [6, 6.07) is 0.0387.